The van der Waals surface area contributed by atoms with E-state index in [0.29, 0.717) is 11.5 Å². The van der Waals surface area contributed by atoms with Crippen molar-refractivity contribution in [2.24, 2.45) is 5.92 Å². The Morgan fingerprint density at radius 3 is 2.59 bits per heavy atom. The van der Waals surface area contributed by atoms with Crippen LogP contribution in [-0.4, -0.2) is 41.3 Å². The molecular weight excluding hydrogens is 372 g/mol. The summed E-state index contributed by atoms with van der Waals surface area (Å²) in [6.07, 6.45) is 0.643. The molecule has 0 spiro atoms. The highest BCUT2D eigenvalue weighted by Crippen LogP contribution is 2.36. The van der Waals surface area contributed by atoms with E-state index in [0.717, 1.165) is 22.4 Å². The first-order chi connectivity index (χ1) is 14.0. The molecule has 0 aliphatic carbocycles. The maximum Gasteiger partial charge on any atom is 0.284 e. The number of hydrogen-bond acceptors (Lipinski definition) is 7. The van der Waals surface area contributed by atoms with Crippen molar-refractivity contribution in [3.8, 4) is 11.5 Å². The Morgan fingerprint density at radius 2 is 1.90 bits per heavy atom. The molecular formula is C21H24N4O4. The third kappa shape index (κ3) is 4.22. The van der Waals surface area contributed by atoms with Gasteiger partial charge in [-0.2, -0.15) is 0 Å². The van der Waals surface area contributed by atoms with Gasteiger partial charge in [-0.15, -0.1) is 0 Å². The fourth-order valence-corrected chi connectivity index (χ4v) is 3.04. The molecule has 1 amide bonds. The number of nitrogens with one attached hydrogen (secondary N) is 1. The van der Waals surface area contributed by atoms with E-state index < -0.39 is 12.0 Å². The van der Waals surface area contributed by atoms with E-state index in [4.69, 9.17) is 14.7 Å². The van der Waals surface area contributed by atoms with Crippen LogP contribution in [0.3, 0.4) is 0 Å². The predicted molar refractivity (Wildman–Crippen MR) is 110 cm³/mol. The van der Waals surface area contributed by atoms with E-state index in [1.807, 2.05) is 56.1 Å². The van der Waals surface area contributed by atoms with Crippen molar-refractivity contribution >= 4 is 28.3 Å². The van der Waals surface area contributed by atoms with Crippen molar-refractivity contribution in [1.29, 1.82) is 0 Å². The number of anilines is 2. The number of fused-ring (bicyclic) bond motifs is 1. The van der Waals surface area contributed by atoms with E-state index in [1.165, 1.54) is 13.4 Å². The second-order valence-electron chi connectivity index (χ2n) is 6.87. The van der Waals surface area contributed by atoms with Gasteiger partial charge in [0.15, 0.2) is 17.6 Å². The largest absolute Gasteiger partial charge is 0.493 e. The Morgan fingerprint density at radius 1 is 1.14 bits per heavy atom. The number of ether oxygens (including phenoxy) is 2. The molecule has 1 atom stereocenters. The molecule has 2 N–H and O–H groups in total. The molecule has 2 aromatic carbocycles. The van der Waals surface area contributed by atoms with Gasteiger partial charge in [0.05, 0.1) is 12.6 Å². The molecule has 0 aliphatic rings. The number of hydrogen-bond donors (Lipinski definition) is 2. The number of hydroxylamine groups is 1. The van der Waals surface area contributed by atoms with Crippen LogP contribution < -0.4 is 19.9 Å². The minimum atomic E-state index is -0.880. The van der Waals surface area contributed by atoms with Gasteiger partial charge in [-0.05, 0) is 30.2 Å². The number of carbonyl (C=O) groups is 1. The van der Waals surface area contributed by atoms with E-state index in [-0.39, 0.29) is 5.92 Å². The van der Waals surface area contributed by atoms with E-state index in [1.54, 1.807) is 17.6 Å². The summed E-state index contributed by atoms with van der Waals surface area (Å²) in [7, 11) is 3.42. The first-order valence-corrected chi connectivity index (χ1v) is 9.18. The van der Waals surface area contributed by atoms with Gasteiger partial charge in [0.1, 0.15) is 12.1 Å². The molecule has 8 nitrogen and oxygen atoms in total. The summed E-state index contributed by atoms with van der Waals surface area (Å²) in [5.41, 5.74) is 3.29. The van der Waals surface area contributed by atoms with Crippen LogP contribution in [0.25, 0.3) is 10.9 Å². The van der Waals surface area contributed by atoms with Gasteiger partial charge in [-0.3, -0.25) is 10.0 Å². The van der Waals surface area contributed by atoms with Crippen LogP contribution in [0.4, 0.5) is 11.5 Å². The number of benzene rings is 2. The van der Waals surface area contributed by atoms with Crippen molar-refractivity contribution in [3.63, 3.8) is 0 Å². The summed E-state index contributed by atoms with van der Waals surface area (Å²) in [6.45, 7) is 3.66. The van der Waals surface area contributed by atoms with Gasteiger partial charge in [0, 0.05) is 24.2 Å². The van der Waals surface area contributed by atoms with Crippen molar-refractivity contribution in [2.45, 2.75) is 20.0 Å². The molecule has 0 saturated carbocycles. The van der Waals surface area contributed by atoms with Crippen LogP contribution in [0, 0.1) is 5.92 Å². The molecule has 3 aromatic rings. The number of carbonyl (C=O) groups excluding carboxylic acids is 1. The average molecular weight is 396 g/mol. The lowest BCUT2D eigenvalue weighted by Crippen LogP contribution is -2.40. The van der Waals surface area contributed by atoms with E-state index in [2.05, 4.69) is 9.97 Å². The molecule has 152 valence electrons. The molecule has 1 unspecified atom stereocenters. The fourth-order valence-electron chi connectivity index (χ4n) is 3.04. The number of amides is 1. The summed E-state index contributed by atoms with van der Waals surface area (Å²) in [4.78, 5) is 22.6. The van der Waals surface area contributed by atoms with Gasteiger partial charge in [0.25, 0.3) is 5.91 Å². The summed E-state index contributed by atoms with van der Waals surface area (Å²) < 4.78 is 11.3. The number of rotatable bonds is 7. The van der Waals surface area contributed by atoms with Crippen molar-refractivity contribution in [3.05, 3.63) is 48.8 Å². The standard InChI is InChI=1S/C21H24N4O4/c1-13(2)19(21(26)24-27)29-18-11-14(9-10-17(18)28-4)25(3)20-15-7-5-6-8-16(15)22-12-23-20/h5-13,19,27H,1-4H3,(H,24,26). The molecule has 0 saturated heterocycles. The molecule has 1 heterocycles. The Balaban J connectivity index is 2.00. The van der Waals surface area contributed by atoms with Crippen LogP contribution in [0.5, 0.6) is 11.5 Å². The average Bonchev–Trinajstić information content (AvgIpc) is 2.75. The highest BCUT2D eigenvalue weighted by molar-refractivity contribution is 5.91. The summed E-state index contributed by atoms with van der Waals surface area (Å²) in [6, 6.07) is 13.2. The Bertz CT molecular complexity index is 1000. The van der Waals surface area contributed by atoms with Crippen LogP contribution in [0.2, 0.25) is 0 Å². The lowest BCUT2D eigenvalue weighted by Gasteiger charge is -2.24. The fraction of sp³-hybridized carbons (Fsp3) is 0.286. The van der Waals surface area contributed by atoms with Gasteiger partial charge in [-0.25, -0.2) is 15.4 Å². The Labute approximate surface area is 169 Å². The maximum atomic E-state index is 12.0. The zero-order chi connectivity index (χ0) is 21.0. The minimum Gasteiger partial charge on any atom is -0.493 e. The zero-order valence-electron chi connectivity index (χ0n) is 16.8. The quantitative estimate of drug-likeness (QED) is 0.467. The summed E-state index contributed by atoms with van der Waals surface area (Å²) in [5, 5.41) is 9.93. The second kappa shape index (κ2) is 8.74. The second-order valence-corrected chi connectivity index (χ2v) is 6.87. The van der Waals surface area contributed by atoms with Crippen LogP contribution >= 0.6 is 0 Å². The highest BCUT2D eigenvalue weighted by Gasteiger charge is 2.26. The van der Waals surface area contributed by atoms with Crippen LogP contribution in [-0.2, 0) is 4.79 Å². The monoisotopic (exact) mass is 396 g/mol. The van der Waals surface area contributed by atoms with Crippen molar-refractivity contribution in [1.82, 2.24) is 15.4 Å². The Kier molecular flexibility index (Phi) is 6.13. The number of methoxy groups -OCH3 is 1. The highest BCUT2D eigenvalue weighted by atomic mass is 16.5. The van der Waals surface area contributed by atoms with E-state index in [9.17, 15) is 4.79 Å². The summed E-state index contributed by atoms with van der Waals surface area (Å²) >= 11 is 0. The Hall–Kier alpha value is -3.39. The SMILES string of the molecule is COc1ccc(N(C)c2ncnc3ccccc23)cc1OC(C(=O)NO)C(C)C. The van der Waals surface area contributed by atoms with Crippen LogP contribution in [0.15, 0.2) is 48.8 Å². The summed E-state index contributed by atoms with van der Waals surface area (Å²) in [5.74, 6) is 0.811. The van der Waals surface area contributed by atoms with E-state index >= 15 is 0 Å². The molecule has 8 heteroatoms. The molecule has 0 radical (unpaired) electrons. The maximum absolute atomic E-state index is 12.0. The molecule has 3 rings (SSSR count). The molecule has 0 bridgehead atoms. The normalized spacial score (nSPS) is 11.9. The molecule has 29 heavy (non-hydrogen) atoms. The van der Waals surface area contributed by atoms with Gasteiger partial charge < -0.3 is 14.4 Å². The molecule has 0 aliphatic heterocycles. The van der Waals surface area contributed by atoms with Gasteiger partial charge in [-0.1, -0.05) is 26.0 Å². The first kappa shape index (κ1) is 20.3. The number of nitrogens with zero attached hydrogens (tertiary/aromatic N) is 3. The smallest absolute Gasteiger partial charge is 0.284 e. The van der Waals surface area contributed by atoms with Crippen molar-refractivity contribution < 1.29 is 19.5 Å². The topological polar surface area (TPSA) is 96.8 Å². The van der Waals surface area contributed by atoms with Crippen LogP contribution in [0.1, 0.15) is 13.8 Å². The first-order valence-electron chi connectivity index (χ1n) is 9.18. The minimum absolute atomic E-state index is 0.168. The third-order valence-electron chi connectivity index (χ3n) is 4.60. The van der Waals surface area contributed by atoms with Gasteiger partial charge in [0.2, 0.25) is 0 Å². The lowest BCUT2D eigenvalue weighted by atomic mass is 10.1. The lowest BCUT2D eigenvalue weighted by molar-refractivity contribution is -0.138. The van der Waals surface area contributed by atoms with Crippen molar-refractivity contribution in [2.75, 3.05) is 19.1 Å². The number of para-hydroxylation sites is 1. The van der Waals surface area contributed by atoms with Gasteiger partial charge >= 0.3 is 0 Å². The predicted octanol–water partition coefficient (Wildman–Crippen LogP) is 3.32. The molecule has 0 fully saturated rings. The number of aromatic nitrogens is 2. The zero-order valence-corrected chi connectivity index (χ0v) is 16.8. The molecule has 1 aromatic heterocycles. The third-order valence-corrected chi connectivity index (χ3v) is 4.60.